The second-order valence-electron chi connectivity index (χ2n) is 4.69. The van der Waals surface area contributed by atoms with Crippen LogP contribution in [-0.4, -0.2) is 10.9 Å². The Morgan fingerprint density at radius 1 is 1.21 bits per heavy atom. The summed E-state index contributed by atoms with van der Waals surface area (Å²) in [6, 6.07) is 11.4. The number of carbonyl (C=O) groups is 1. The van der Waals surface area contributed by atoms with Crippen LogP contribution in [0.25, 0.3) is 0 Å². The lowest BCUT2D eigenvalue weighted by Crippen LogP contribution is -2.34. The molecule has 1 aromatic carbocycles. The molecule has 0 bridgehead atoms. The van der Waals surface area contributed by atoms with Gasteiger partial charge in [-0.15, -0.1) is 0 Å². The molecule has 0 radical (unpaired) electrons. The first-order valence-corrected chi connectivity index (χ1v) is 6.33. The number of carbonyl (C=O) groups excluding carboxylic acids is 1. The SMILES string of the molecule is Nc1ccc2c(c1)CCC(=O)N2Cc1ccccn1. The van der Waals surface area contributed by atoms with Crippen molar-refractivity contribution in [1.29, 1.82) is 0 Å². The van der Waals surface area contributed by atoms with E-state index in [0.29, 0.717) is 13.0 Å². The number of rotatable bonds is 2. The number of hydrogen-bond acceptors (Lipinski definition) is 3. The van der Waals surface area contributed by atoms with Crippen molar-refractivity contribution in [3.63, 3.8) is 0 Å². The highest BCUT2D eigenvalue weighted by Crippen LogP contribution is 2.30. The summed E-state index contributed by atoms with van der Waals surface area (Å²) in [7, 11) is 0. The maximum absolute atomic E-state index is 12.1. The minimum atomic E-state index is 0.142. The molecule has 0 saturated carbocycles. The van der Waals surface area contributed by atoms with Crippen LogP contribution in [0.1, 0.15) is 17.7 Å². The molecule has 19 heavy (non-hydrogen) atoms. The van der Waals surface area contributed by atoms with Crippen LogP contribution in [0.3, 0.4) is 0 Å². The van der Waals surface area contributed by atoms with Crippen molar-refractivity contribution in [2.75, 3.05) is 10.6 Å². The minimum absolute atomic E-state index is 0.142. The number of aryl methyl sites for hydroxylation is 1. The average Bonchev–Trinajstić information content (AvgIpc) is 2.43. The van der Waals surface area contributed by atoms with Gasteiger partial charge in [0.25, 0.3) is 0 Å². The molecule has 4 nitrogen and oxygen atoms in total. The molecule has 0 unspecified atom stereocenters. The lowest BCUT2D eigenvalue weighted by molar-refractivity contribution is -0.119. The summed E-state index contributed by atoms with van der Waals surface area (Å²) in [5, 5.41) is 0. The highest BCUT2D eigenvalue weighted by Gasteiger charge is 2.24. The lowest BCUT2D eigenvalue weighted by atomic mass is 10.0. The molecule has 0 fully saturated rings. The molecule has 96 valence electrons. The maximum atomic E-state index is 12.1. The third kappa shape index (κ3) is 2.29. The van der Waals surface area contributed by atoms with E-state index < -0.39 is 0 Å². The van der Waals surface area contributed by atoms with Gasteiger partial charge in [0.1, 0.15) is 0 Å². The molecular formula is C15H15N3O. The monoisotopic (exact) mass is 253 g/mol. The molecule has 0 atom stereocenters. The highest BCUT2D eigenvalue weighted by atomic mass is 16.2. The van der Waals surface area contributed by atoms with Gasteiger partial charge in [-0.1, -0.05) is 6.07 Å². The largest absolute Gasteiger partial charge is 0.399 e. The number of pyridine rings is 1. The number of nitrogens with zero attached hydrogens (tertiary/aromatic N) is 2. The smallest absolute Gasteiger partial charge is 0.227 e. The minimum Gasteiger partial charge on any atom is -0.399 e. The Hall–Kier alpha value is -2.36. The van der Waals surface area contributed by atoms with Crippen molar-refractivity contribution < 1.29 is 4.79 Å². The van der Waals surface area contributed by atoms with E-state index in [4.69, 9.17) is 5.73 Å². The predicted molar refractivity (Wildman–Crippen MR) is 74.6 cm³/mol. The van der Waals surface area contributed by atoms with Gasteiger partial charge in [-0.3, -0.25) is 9.78 Å². The van der Waals surface area contributed by atoms with Crippen LogP contribution in [0.2, 0.25) is 0 Å². The topological polar surface area (TPSA) is 59.2 Å². The fraction of sp³-hybridized carbons (Fsp3) is 0.200. The van der Waals surface area contributed by atoms with E-state index >= 15 is 0 Å². The van der Waals surface area contributed by atoms with Crippen LogP contribution in [0.4, 0.5) is 11.4 Å². The lowest BCUT2D eigenvalue weighted by Gasteiger charge is -2.29. The van der Waals surface area contributed by atoms with Gasteiger partial charge in [0.15, 0.2) is 0 Å². The molecule has 0 spiro atoms. The van der Waals surface area contributed by atoms with E-state index in [2.05, 4.69) is 4.98 Å². The second kappa shape index (κ2) is 4.72. The van der Waals surface area contributed by atoms with Gasteiger partial charge in [-0.2, -0.15) is 0 Å². The van der Waals surface area contributed by atoms with Gasteiger partial charge in [0.05, 0.1) is 12.2 Å². The van der Waals surface area contributed by atoms with E-state index in [0.717, 1.165) is 29.1 Å². The number of aromatic nitrogens is 1. The molecule has 1 amide bonds. The van der Waals surface area contributed by atoms with Crippen LogP contribution in [0.5, 0.6) is 0 Å². The van der Waals surface area contributed by atoms with Crippen molar-refractivity contribution in [1.82, 2.24) is 4.98 Å². The third-order valence-electron chi connectivity index (χ3n) is 3.35. The molecule has 2 heterocycles. The molecule has 4 heteroatoms. The fourth-order valence-electron chi connectivity index (χ4n) is 2.41. The quantitative estimate of drug-likeness (QED) is 0.834. The zero-order valence-corrected chi connectivity index (χ0v) is 10.5. The van der Waals surface area contributed by atoms with Gasteiger partial charge in [-0.05, 0) is 42.3 Å². The van der Waals surface area contributed by atoms with Gasteiger partial charge in [-0.25, -0.2) is 0 Å². The first-order chi connectivity index (χ1) is 9.24. The maximum Gasteiger partial charge on any atom is 0.227 e. The van der Waals surface area contributed by atoms with Crippen molar-refractivity contribution in [3.05, 3.63) is 53.9 Å². The van der Waals surface area contributed by atoms with Gasteiger partial charge >= 0.3 is 0 Å². The Balaban J connectivity index is 1.95. The fourth-order valence-corrected chi connectivity index (χ4v) is 2.41. The molecule has 0 saturated heterocycles. The van der Waals surface area contributed by atoms with E-state index in [1.54, 1.807) is 11.1 Å². The molecule has 1 aliphatic heterocycles. The Morgan fingerprint density at radius 3 is 2.89 bits per heavy atom. The zero-order valence-electron chi connectivity index (χ0n) is 10.5. The summed E-state index contributed by atoms with van der Waals surface area (Å²) in [5.41, 5.74) is 9.52. The average molecular weight is 253 g/mol. The van der Waals surface area contributed by atoms with E-state index in [9.17, 15) is 4.79 Å². The van der Waals surface area contributed by atoms with Crippen LogP contribution in [0.15, 0.2) is 42.6 Å². The second-order valence-corrected chi connectivity index (χ2v) is 4.69. The van der Waals surface area contributed by atoms with E-state index in [-0.39, 0.29) is 5.91 Å². The molecular weight excluding hydrogens is 238 g/mol. The third-order valence-corrected chi connectivity index (χ3v) is 3.35. The normalized spacial score (nSPS) is 14.3. The first kappa shape index (κ1) is 11.7. The van der Waals surface area contributed by atoms with Crippen LogP contribution in [0, 0.1) is 0 Å². The predicted octanol–water partition coefficient (Wildman–Crippen LogP) is 2.14. The molecule has 3 rings (SSSR count). The Labute approximate surface area is 111 Å². The van der Waals surface area contributed by atoms with Crippen molar-refractivity contribution in [3.8, 4) is 0 Å². The summed E-state index contributed by atoms with van der Waals surface area (Å²) in [6.07, 6.45) is 3.04. The number of nitrogen functional groups attached to an aromatic ring is 1. The molecule has 2 N–H and O–H groups in total. The number of nitrogens with two attached hydrogens (primary N) is 1. The number of fused-ring (bicyclic) bond motifs is 1. The number of amides is 1. The van der Waals surface area contributed by atoms with E-state index in [1.807, 2.05) is 36.4 Å². The summed E-state index contributed by atoms with van der Waals surface area (Å²) < 4.78 is 0. The van der Waals surface area contributed by atoms with Crippen LogP contribution >= 0.6 is 0 Å². The Bertz CT molecular complexity index is 610. The summed E-state index contributed by atoms with van der Waals surface area (Å²) >= 11 is 0. The van der Waals surface area contributed by atoms with Crippen molar-refractivity contribution in [2.45, 2.75) is 19.4 Å². The van der Waals surface area contributed by atoms with Crippen molar-refractivity contribution >= 4 is 17.3 Å². The van der Waals surface area contributed by atoms with E-state index in [1.165, 1.54) is 0 Å². The molecule has 2 aromatic rings. The molecule has 1 aromatic heterocycles. The van der Waals surface area contributed by atoms with Crippen LogP contribution < -0.4 is 10.6 Å². The molecule has 0 aliphatic carbocycles. The number of hydrogen-bond donors (Lipinski definition) is 1. The summed E-state index contributed by atoms with van der Waals surface area (Å²) in [5.74, 6) is 0.142. The zero-order chi connectivity index (χ0) is 13.2. The van der Waals surface area contributed by atoms with Crippen LogP contribution in [-0.2, 0) is 17.8 Å². The standard InChI is InChI=1S/C15H15N3O/c16-12-5-6-14-11(9-12)4-7-15(19)18(14)10-13-3-1-2-8-17-13/h1-3,5-6,8-9H,4,7,10,16H2. The van der Waals surface area contributed by atoms with Gasteiger partial charge in [0.2, 0.25) is 5.91 Å². The Morgan fingerprint density at radius 2 is 2.11 bits per heavy atom. The van der Waals surface area contributed by atoms with Crippen molar-refractivity contribution in [2.24, 2.45) is 0 Å². The first-order valence-electron chi connectivity index (χ1n) is 6.33. The molecule has 1 aliphatic rings. The Kier molecular flexibility index (Phi) is 2.91. The number of anilines is 2. The van der Waals surface area contributed by atoms with Gasteiger partial charge in [0, 0.05) is 24.0 Å². The highest BCUT2D eigenvalue weighted by molar-refractivity contribution is 5.96. The number of benzene rings is 1. The summed E-state index contributed by atoms with van der Waals surface area (Å²) in [6.45, 7) is 0.511. The summed E-state index contributed by atoms with van der Waals surface area (Å²) in [4.78, 5) is 18.2. The van der Waals surface area contributed by atoms with Gasteiger partial charge < -0.3 is 10.6 Å².